The molecule has 0 aromatic heterocycles. The standard InChI is InChI=1S/C24H24O2/c1-19(25)10-11-20-12-14-24(15-13-20)26-18-23-9-5-8-22(17-23)16-21-6-3-2-4-7-21/h2-9,12-15,17,25H,1,10-11,16,18H2. The summed E-state index contributed by atoms with van der Waals surface area (Å²) in [5.74, 6) is 1.07. The highest BCUT2D eigenvalue weighted by Crippen LogP contribution is 2.17. The van der Waals surface area contributed by atoms with Gasteiger partial charge in [0.05, 0.1) is 5.76 Å². The average molecular weight is 344 g/mol. The molecule has 0 aliphatic heterocycles. The Morgan fingerprint density at radius 2 is 1.46 bits per heavy atom. The third-order valence-corrected chi connectivity index (χ3v) is 4.27. The van der Waals surface area contributed by atoms with Crippen molar-refractivity contribution in [3.05, 3.63) is 113 Å². The molecule has 132 valence electrons. The lowest BCUT2D eigenvalue weighted by atomic mass is 10.0. The van der Waals surface area contributed by atoms with E-state index >= 15 is 0 Å². The molecule has 3 aromatic carbocycles. The average Bonchev–Trinajstić information content (AvgIpc) is 2.67. The zero-order valence-corrected chi connectivity index (χ0v) is 14.9. The van der Waals surface area contributed by atoms with E-state index in [1.165, 1.54) is 16.7 Å². The smallest absolute Gasteiger partial charge is 0.119 e. The van der Waals surface area contributed by atoms with Gasteiger partial charge in [-0.25, -0.2) is 0 Å². The summed E-state index contributed by atoms with van der Waals surface area (Å²) in [6, 6.07) is 27.0. The first-order chi connectivity index (χ1) is 12.7. The maximum atomic E-state index is 9.17. The van der Waals surface area contributed by atoms with Crippen LogP contribution in [-0.4, -0.2) is 5.11 Å². The number of hydrogen-bond donors (Lipinski definition) is 1. The summed E-state index contributed by atoms with van der Waals surface area (Å²) in [6.45, 7) is 4.07. The number of benzene rings is 3. The molecule has 0 saturated heterocycles. The molecule has 0 saturated carbocycles. The first-order valence-corrected chi connectivity index (χ1v) is 8.89. The second-order valence-electron chi connectivity index (χ2n) is 6.48. The van der Waals surface area contributed by atoms with E-state index < -0.39 is 0 Å². The van der Waals surface area contributed by atoms with E-state index in [4.69, 9.17) is 4.74 Å². The van der Waals surface area contributed by atoms with Gasteiger partial charge in [0, 0.05) is 6.42 Å². The van der Waals surface area contributed by atoms with Gasteiger partial charge in [-0.3, -0.25) is 0 Å². The molecule has 0 radical (unpaired) electrons. The normalized spacial score (nSPS) is 10.5. The lowest BCUT2D eigenvalue weighted by Gasteiger charge is -2.09. The van der Waals surface area contributed by atoms with Crippen molar-refractivity contribution in [2.75, 3.05) is 0 Å². The summed E-state index contributed by atoms with van der Waals surface area (Å²) >= 11 is 0. The van der Waals surface area contributed by atoms with E-state index in [0.29, 0.717) is 13.0 Å². The van der Waals surface area contributed by atoms with Crippen molar-refractivity contribution in [3.8, 4) is 5.75 Å². The van der Waals surface area contributed by atoms with Crippen molar-refractivity contribution in [3.63, 3.8) is 0 Å². The van der Waals surface area contributed by atoms with Crippen LogP contribution in [0.4, 0.5) is 0 Å². The van der Waals surface area contributed by atoms with Crippen LogP contribution >= 0.6 is 0 Å². The molecule has 3 aromatic rings. The van der Waals surface area contributed by atoms with Gasteiger partial charge in [0.15, 0.2) is 0 Å². The molecule has 0 amide bonds. The van der Waals surface area contributed by atoms with Crippen LogP contribution in [0, 0.1) is 0 Å². The minimum Gasteiger partial charge on any atom is -0.513 e. The Balaban J connectivity index is 1.56. The molecule has 0 atom stereocenters. The second-order valence-corrected chi connectivity index (χ2v) is 6.48. The topological polar surface area (TPSA) is 29.5 Å². The van der Waals surface area contributed by atoms with E-state index in [1.54, 1.807) is 0 Å². The molecule has 2 heteroatoms. The number of aliphatic hydroxyl groups excluding tert-OH is 1. The monoisotopic (exact) mass is 344 g/mol. The van der Waals surface area contributed by atoms with Gasteiger partial charge in [-0.1, -0.05) is 73.3 Å². The summed E-state index contributed by atoms with van der Waals surface area (Å²) in [5.41, 5.74) is 4.93. The maximum Gasteiger partial charge on any atom is 0.119 e. The minimum atomic E-state index is 0.223. The third kappa shape index (κ3) is 5.52. The van der Waals surface area contributed by atoms with Gasteiger partial charge in [-0.15, -0.1) is 0 Å². The fourth-order valence-electron chi connectivity index (χ4n) is 2.87. The van der Waals surface area contributed by atoms with Crippen molar-refractivity contribution < 1.29 is 9.84 Å². The van der Waals surface area contributed by atoms with Crippen LogP contribution in [0.15, 0.2) is 91.2 Å². The predicted octanol–water partition coefficient (Wildman–Crippen LogP) is 5.86. The molecule has 0 heterocycles. The number of rotatable bonds is 8. The maximum absolute atomic E-state index is 9.17. The van der Waals surface area contributed by atoms with Gasteiger partial charge in [0.1, 0.15) is 12.4 Å². The van der Waals surface area contributed by atoms with Gasteiger partial charge in [0.2, 0.25) is 0 Å². The van der Waals surface area contributed by atoms with E-state index in [1.807, 2.05) is 30.3 Å². The molecular weight excluding hydrogens is 320 g/mol. The molecule has 0 aliphatic rings. The van der Waals surface area contributed by atoms with Crippen LogP contribution in [0.2, 0.25) is 0 Å². The summed E-state index contributed by atoms with van der Waals surface area (Å²) in [4.78, 5) is 0. The van der Waals surface area contributed by atoms with Crippen molar-refractivity contribution in [2.24, 2.45) is 0 Å². The molecule has 1 N–H and O–H groups in total. The molecule has 3 rings (SSSR count). The van der Waals surface area contributed by atoms with E-state index in [-0.39, 0.29) is 5.76 Å². The van der Waals surface area contributed by atoms with Crippen LogP contribution < -0.4 is 4.74 Å². The van der Waals surface area contributed by atoms with Crippen LogP contribution in [0.25, 0.3) is 0 Å². The highest BCUT2D eigenvalue weighted by atomic mass is 16.5. The van der Waals surface area contributed by atoms with E-state index in [2.05, 4.69) is 55.1 Å². The van der Waals surface area contributed by atoms with Crippen molar-refractivity contribution in [2.45, 2.75) is 25.9 Å². The Morgan fingerprint density at radius 3 is 2.19 bits per heavy atom. The zero-order valence-electron chi connectivity index (χ0n) is 14.9. The molecular formula is C24H24O2. The van der Waals surface area contributed by atoms with Crippen molar-refractivity contribution in [1.29, 1.82) is 0 Å². The quantitative estimate of drug-likeness (QED) is 0.519. The summed E-state index contributed by atoms with van der Waals surface area (Å²) in [7, 11) is 0. The Hall–Kier alpha value is -3.00. The van der Waals surface area contributed by atoms with Gasteiger partial charge in [0.25, 0.3) is 0 Å². The number of aryl methyl sites for hydroxylation is 1. The molecule has 2 nitrogen and oxygen atoms in total. The molecule has 0 spiro atoms. The first kappa shape index (κ1) is 17.8. The van der Waals surface area contributed by atoms with Gasteiger partial charge >= 0.3 is 0 Å². The first-order valence-electron chi connectivity index (χ1n) is 8.89. The highest BCUT2D eigenvalue weighted by molar-refractivity contribution is 5.31. The highest BCUT2D eigenvalue weighted by Gasteiger charge is 2.01. The largest absolute Gasteiger partial charge is 0.513 e. The Bertz CT molecular complexity index is 836. The van der Waals surface area contributed by atoms with Crippen molar-refractivity contribution >= 4 is 0 Å². The Labute approximate surface area is 155 Å². The molecule has 0 unspecified atom stereocenters. The van der Waals surface area contributed by atoms with E-state index in [9.17, 15) is 5.11 Å². The van der Waals surface area contributed by atoms with Crippen LogP contribution in [0.5, 0.6) is 5.75 Å². The minimum absolute atomic E-state index is 0.223. The van der Waals surface area contributed by atoms with Crippen LogP contribution in [0.1, 0.15) is 28.7 Å². The SMILES string of the molecule is C=C(O)CCc1ccc(OCc2cccc(Cc3ccccc3)c2)cc1. The summed E-state index contributed by atoms with van der Waals surface area (Å²) in [5, 5.41) is 9.17. The number of hydrogen-bond acceptors (Lipinski definition) is 2. The fraction of sp³-hybridized carbons (Fsp3) is 0.167. The Kier molecular flexibility index (Phi) is 6.10. The van der Waals surface area contributed by atoms with Gasteiger partial charge < -0.3 is 9.84 Å². The lowest BCUT2D eigenvalue weighted by molar-refractivity contribution is 0.306. The molecule has 0 fully saturated rings. The lowest BCUT2D eigenvalue weighted by Crippen LogP contribution is -1.97. The zero-order chi connectivity index (χ0) is 18.2. The van der Waals surface area contributed by atoms with Crippen molar-refractivity contribution in [1.82, 2.24) is 0 Å². The number of aliphatic hydroxyl groups is 1. The summed E-state index contributed by atoms with van der Waals surface area (Å²) < 4.78 is 5.91. The van der Waals surface area contributed by atoms with Crippen LogP contribution in [0.3, 0.4) is 0 Å². The second kappa shape index (κ2) is 8.91. The number of ether oxygens (including phenoxy) is 1. The Morgan fingerprint density at radius 1 is 0.769 bits per heavy atom. The van der Waals surface area contributed by atoms with Gasteiger partial charge in [-0.05, 0) is 47.2 Å². The molecule has 0 bridgehead atoms. The number of allylic oxidation sites excluding steroid dienone is 1. The third-order valence-electron chi connectivity index (χ3n) is 4.27. The van der Waals surface area contributed by atoms with Crippen LogP contribution in [-0.2, 0) is 19.4 Å². The predicted molar refractivity (Wildman–Crippen MR) is 107 cm³/mol. The fourth-order valence-corrected chi connectivity index (χ4v) is 2.87. The molecule has 26 heavy (non-hydrogen) atoms. The molecule has 0 aliphatic carbocycles. The van der Waals surface area contributed by atoms with Gasteiger partial charge in [-0.2, -0.15) is 0 Å². The summed E-state index contributed by atoms with van der Waals surface area (Å²) in [6.07, 6.45) is 2.31. The van der Waals surface area contributed by atoms with E-state index in [0.717, 1.165) is 24.2 Å².